The molecule has 3 aliphatic rings. The average Bonchev–Trinajstić information content (AvgIpc) is 3.02. The first kappa shape index (κ1) is 20.4. The maximum absolute atomic E-state index is 12.7. The van der Waals surface area contributed by atoms with E-state index in [9.17, 15) is 9.59 Å². The molecule has 2 heterocycles. The van der Waals surface area contributed by atoms with Crippen LogP contribution in [0.4, 0.5) is 4.79 Å². The lowest BCUT2D eigenvalue weighted by molar-refractivity contribution is -0.123. The van der Waals surface area contributed by atoms with Crippen LogP contribution in [-0.4, -0.2) is 81.0 Å². The second-order valence-corrected chi connectivity index (χ2v) is 7.60. The molecular weight excluding hydrogens is 362 g/mol. The Morgan fingerprint density at radius 2 is 1.96 bits per heavy atom. The Morgan fingerprint density at radius 3 is 2.54 bits per heavy atom. The molecule has 1 saturated heterocycles. The first-order valence-electron chi connectivity index (χ1n) is 9.55. The standard InChI is InChI=1S/C20H29N3O5/c1-12(2)11-28-20(25)23-8-6-22(7-9-23)17-16-13(3)18(27-5)15(26-4)10-14(16)21-19(17)24/h10,12,17-18H,3,6-9,11H2,1-2,4-5H3,(H,21,24). The summed E-state index contributed by atoms with van der Waals surface area (Å²) in [6.07, 6.45) is 1.10. The molecule has 1 N–H and O–H groups in total. The number of amides is 2. The van der Waals surface area contributed by atoms with Gasteiger partial charge < -0.3 is 24.4 Å². The summed E-state index contributed by atoms with van der Waals surface area (Å²) in [4.78, 5) is 28.7. The molecule has 1 fully saturated rings. The molecule has 28 heavy (non-hydrogen) atoms. The van der Waals surface area contributed by atoms with E-state index in [4.69, 9.17) is 14.2 Å². The molecule has 0 aromatic carbocycles. The van der Waals surface area contributed by atoms with Crippen molar-refractivity contribution in [3.8, 4) is 0 Å². The number of rotatable bonds is 5. The van der Waals surface area contributed by atoms with Crippen molar-refractivity contribution in [2.45, 2.75) is 26.0 Å². The molecule has 1 aliphatic carbocycles. The molecular formula is C20H29N3O5. The van der Waals surface area contributed by atoms with E-state index in [-0.39, 0.29) is 12.0 Å². The summed E-state index contributed by atoms with van der Waals surface area (Å²) in [6.45, 7) is 10.8. The minimum Gasteiger partial charge on any atom is -0.498 e. The van der Waals surface area contributed by atoms with Crippen molar-refractivity contribution in [2.24, 2.45) is 5.92 Å². The van der Waals surface area contributed by atoms with Crippen LogP contribution in [-0.2, 0) is 19.0 Å². The van der Waals surface area contributed by atoms with Crippen LogP contribution < -0.4 is 5.32 Å². The van der Waals surface area contributed by atoms with Crippen LogP contribution in [0.1, 0.15) is 13.8 Å². The third-order valence-electron chi connectivity index (χ3n) is 5.23. The Morgan fingerprint density at radius 1 is 1.29 bits per heavy atom. The fraction of sp³-hybridized carbons (Fsp3) is 0.600. The third-order valence-corrected chi connectivity index (χ3v) is 5.23. The van der Waals surface area contributed by atoms with Crippen LogP contribution in [0.3, 0.4) is 0 Å². The predicted molar refractivity (Wildman–Crippen MR) is 103 cm³/mol. The maximum atomic E-state index is 12.7. The Labute approximate surface area is 165 Å². The number of carbonyl (C=O) groups excluding carboxylic acids is 2. The van der Waals surface area contributed by atoms with Gasteiger partial charge in [0, 0.05) is 50.6 Å². The minimum absolute atomic E-state index is 0.0922. The largest absolute Gasteiger partial charge is 0.498 e. The number of nitrogens with one attached hydrogen (secondary N) is 1. The quantitative estimate of drug-likeness (QED) is 0.760. The van der Waals surface area contributed by atoms with Crippen molar-refractivity contribution >= 4 is 12.0 Å². The number of carbonyl (C=O) groups is 2. The van der Waals surface area contributed by atoms with E-state index in [1.54, 1.807) is 25.2 Å². The van der Waals surface area contributed by atoms with Crippen LogP contribution in [0.25, 0.3) is 0 Å². The highest BCUT2D eigenvalue weighted by molar-refractivity contribution is 5.93. The van der Waals surface area contributed by atoms with E-state index >= 15 is 0 Å². The first-order valence-corrected chi connectivity index (χ1v) is 9.55. The summed E-state index contributed by atoms with van der Waals surface area (Å²) < 4.78 is 16.2. The van der Waals surface area contributed by atoms with Crippen molar-refractivity contribution in [3.63, 3.8) is 0 Å². The average molecular weight is 391 g/mol. The summed E-state index contributed by atoms with van der Waals surface area (Å²) in [5, 5.41) is 2.93. The summed E-state index contributed by atoms with van der Waals surface area (Å²) in [5.41, 5.74) is 2.27. The third kappa shape index (κ3) is 3.79. The Bertz CT molecular complexity index is 719. The maximum Gasteiger partial charge on any atom is 0.409 e. The summed E-state index contributed by atoms with van der Waals surface area (Å²) in [7, 11) is 3.16. The van der Waals surface area contributed by atoms with Crippen LogP contribution in [0.2, 0.25) is 0 Å². The molecule has 8 nitrogen and oxygen atoms in total. The van der Waals surface area contributed by atoms with E-state index in [1.165, 1.54) is 0 Å². The van der Waals surface area contributed by atoms with Crippen LogP contribution in [0, 0.1) is 5.92 Å². The van der Waals surface area contributed by atoms with Crippen LogP contribution in [0.15, 0.2) is 35.3 Å². The lowest BCUT2D eigenvalue weighted by Gasteiger charge is -2.38. The van der Waals surface area contributed by atoms with Crippen molar-refractivity contribution in [2.75, 3.05) is 47.0 Å². The Kier molecular flexibility index (Phi) is 6.10. The molecule has 0 saturated carbocycles. The minimum atomic E-state index is -0.441. The van der Waals surface area contributed by atoms with Crippen molar-refractivity contribution < 1.29 is 23.8 Å². The zero-order valence-corrected chi connectivity index (χ0v) is 17.0. The van der Waals surface area contributed by atoms with Gasteiger partial charge in [-0.15, -0.1) is 0 Å². The van der Waals surface area contributed by atoms with E-state index in [0.29, 0.717) is 50.2 Å². The Hall–Kier alpha value is -2.32. The fourth-order valence-electron chi connectivity index (χ4n) is 3.80. The lowest BCUT2D eigenvalue weighted by Crippen LogP contribution is -2.55. The van der Waals surface area contributed by atoms with E-state index in [1.807, 2.05) is 13.8 Å². The number of nitrogens with zero attached hydrogens (tertiary/aromatic N) is 2. The molecule has 3 rings (SSSR count). The zero-order valence-electron chi connectivity index (χ0n) is 17.0. The lowest BCUT2D eigenvalue weighted by atomic mass is 9.89. The zero-order chi connectivity index (χ0) is 20.4. The van der Waals surface area contributed by atoms with Gasteiger partial charge in [-0.25, -0.2) is 4.79 Å². The van der Waals surface area contributed by atoms with Gasteiger partial charge in [-0.1, -0.05) is 20.4 Å². The molecule has 154 valence electrons. The van der Waals surface area contributed by atoms with Crippen molar-refractivity contribution in [3.05, 3.63) is 35.3 Å². The molecule has 0 aromatic heterocycles. The number of hydrogen-bond acceptors (Lipinski definition) is 6. The molecule has 0 aromatic rings. The van der Waals surface area contributed by atoms with Crippen molar-refractivity contribution in [1.82, 2.24) is 15.1 Å². The number of piperazine rings is 1. The fourth-order valence-corrected chi connectivity index (χ4v) is 3.80. The van der Waals surface area contributed by atoms with Gasteiger partial charge in [0.2, 0.25) is 5.91 Å². The monoisotopic (exact) mass is 391 g/mol. The van der Waals surface area contributed by atoms with Crippen LogP contribution in [0.5, 0.6) is 0 Å². The van der Waals surface area contributed by atoms with E-state index in [0.717, 1.165) is 11.1 Å². The van der Waals surface area contributed by atoms with Gasteiger partial charge in [-0.2, -0.15) is 0 Å². The smallest absolute Gasteiger partial charge is 0.409 e. The van der Waals surface area contributed by atoms with Gasteiger partial charge in [0.25, 0.3) is 0 Å². The molecule has 8 heteroatoms. The highest BCUT2D eigenvalue weighted by Gasteiger charge is 2.44. The molecule has 2 aliphatic heterocycles. The number of hydrogen-bond donors (Lipinski definition) is 1. The molecule has 2 unspecified atom stereocenters. The predicted octanol–water partition coefficient (Wildman–Crippen LogP) is 1.26. The number of methoxy groups -OCH3 is 2. The van der Waals surface area contributed by atoms with Gasteiger partial charge in [0.1, 0.15) is 17.9 Å². The van der Waals surface area contributed by atoms with Crippen molar-refractivity contribution in [1.29, 1.82) is 0 Å². The second-order valence-electron chi connectivity index (χ2n) is 7.60. The van der Waals surface area contributed by atoms with Crippen LogP contribution >= 0.6 is 0 Å². The van der Waals surface area contributed by atoms with E-state index < -0.39 is 12.1 Å². The van der Waals surface area contributed by atoms with Gasteiger partial charge in [-0.05, 0) is 11.5 Å². The molecule has 0 bridgehead atoms. The van der Waals surface area contributed by atoms with Gasteiger partial charge in [-0.3, -0.25) is 9.69 Å². The second kappa shape index (κ2) is 8.36. The van der Waals surface area contributed by atoms with Gasteiger partial charge >= 0.3 is 6.09 Å². The SMILES string of the molecule is C=C1C2=C(C=C(OC)C1OC)NC(=O)C2N1CCN(C(=O)OCC(C)C)CC1. The number of allylic oxidation sites excluding steroid dienone is 1. The Balaban J connectivity index is 1.70. The van der Waals surface area contributed by atoms with E-state index in [2.05, 4.69) is 16.8 Å². The molecule has 2 amide bonds. The number of ether oxygens (including phenoxy) is 3. The summed E-state index contributed by atoms with van der Waals surface area (Å²) in [5.74, 6) is 0.823. The topological polar surface area (TPSA) is 80.3 Å². The normalized spacial score (nSPS) is 25.6. The highest BCUT2D eigenvalue weighted by atomic mass is 16.6. The molecule has 0 spiro atoms. The first-order chi connectivity index (χ1) is 13.4. The summed E-state index contributed by atoms with van der Waals surface area (Å²) >= 11 is 0. The summed E-state index contributed by atoms with van der Waals surface area (Å²) in [6, 6.07) is -0.441. The molecule has 0 radical (unpaired) electrons. The highest BCUT2D eigenvalue weighted by Crippen LogP contribution is 2.37. The molecule has 2 atom stereocenters. The van der Waals surface area contributed by atoms with Gasteiger partial charge in [0.05, 0.1) is 13.7 Å². The van der Waals surface area contributed by atoms with Gasteiger partial charge in [0.15, 0.2) is 0 Å².